The molecule has 0 bridgehead atoms. The number of hydrogen-bond donors (Lipinski definition) is 2. The van der Waals surface area contributed by atoms with Crippen molar-refractivity contribution in [3.05, 3.63) is 50.4 Å². The zero-order valence-electron chi connectivity index (χ0n) is 13.8. The van der Waals surface area contributed by atoms with Crippen molar-refractivity contribution in [1.29, 1.82) is 0 Å². The van der Waals surface area contributed by atoms with E-state index in [0.717, 1.165) is 23.3 Å². The fourth-order valence-electron chi connectivity index (χ4n) is 3.28. The number of thiophene rings is 2. The van der Waals surface area contributed by atoms with Gasteiger partial charge in [-0.2, -0.15) is 11.3 Å². The lowest BCUT2D eigenvalue weighted by molar-refractivity contribution is -0.116. The summed E-state index contributed by atoms with van der Waals surface area (Å²) in [5.41, 5.74) is 1.09. The van der Waals surface area contributed by atoms with Crippen molar-refractivity contribution in [1.82, 2.24) is 5.32 Å². The Morgan fingerprint density at radius 1 is 1.38 bits per heavy atom. The van der Waals surface area contributed by atoms with Crippen molar-refractivity contribution in [3.63, 3.8) is 0 Å². The van der Waals surface area contributed by atoms with Gasteiger partial charge in [0.1, 0.15) is 0 Å². The van der Waals surface area contributed by atoms with Crippen molar-refractivity contribution >= 4 is 34.7 Å². The summed E-state index contributed by atoms with van der Waals surface area (Å²) in [6, 6.07) is 6.14. The van der Waals surface area contributed by atoms with Gasteiger partial charge >= 0.3 is 0 Å². The maximum Gasteiger partial charge on any atom is 0.244 e. The normalized spacial score (nSPS) is 18.1. The molecule has 1 atom stereocenters. The third kappa shape index (κ3) is 3.97. The first-order valence-corrected chi connectivity index (χ1v) is 10.1. The van der Waals surface area contributed by atoms with E-state index < -0.39 is 6.10 Å². The molecular formula is C19H23NO2S2. The van der Waals surface area contributed by atoms with Gasteiger partial charge in [-0.25, -0.2) is 0 Å². The third-order valence-corrected chi connectivity index (χ3v) is 6.90. The van der Waals surface area contributed by atoms with Crippen molar-refractivity contribution in [2.24, 2.45) is 0 Å². The van der Waals surface area contributed by atoms with Crippen LogP contribution in [0, 0.1) is 0 Å². The molecule has 0 aromatic carbocycles. The highest BCUT2D eigenvalue weighted by Gasteiger charge is 2.37. The Hall–Kier alpha value is -1.43. The zero-order valence-corrected chi connectivity index (χ0v) is 15.5. The second-order valence-electron chi connectivity index (χ2n) is 6.47. The van der Waals surface area contributed by atoms with Gasteiger partial charge in [-0.15, -0.1) is 11.3 Å². The molecule has 2 heterocycles. The minimum absolute atomic E-state index is 0.0314. The molecule has 2 aromatic rings. The molecule has 0 radical (unpaired) electrons. The van der Waals surface area contributed by atoms with Crippen molar-refractivity contribution in [3.8, 4) is 0 Å². The summed E-state index contributed by atoms with van der Waals surface area (Å²) in [7, 11) is 0. The van der Waals surface area contributed by atoms with E-state index in [2.05, 4.69) is 11.4 Å². The lowest BCUT2D eigenvalue weighted by Gasteiger charge is -2.28. The molecule has 5 heteroatoms. The summed E-state index contributed by atoms with van der Waals surface area (Å²) >= 11 is 3.31. The lowest BCUT2D eigenvalue weighted by Crippen LogP contribution is -2.37. The summed E-state index contributed by atoms with van der Waals surface area (Å²) in [6.07, 6.45) is 7.63. The molecule has 3 nitrogen and oxygen atoms in total. The summed E-state index contributed by atoms with van der Waals surface area (Å²) in [5, 5.41) is 16.9. The Labute approximate surface area is 151 Å². The van der Waals surface area contributed by atoms with Crippen molar-refractivity contribution < 1.29 is 9.90 Å². The minimum Gasteiger partial charge on any atom is -0.388 e. The molecular weight excluding hydrogens is 338 g/mol. The number of aliphatic hydroxyl groups excluding tert-OH is 1. The smallest absolute Gasteiger partial charge is 0.244 e. The summed E-state index contributed by atoms with van der Waals surface area (Å²) < 4.78 is 0. The molecule has 0 saturated heterocycles. The predicted molar refractivity (Wildman–Crippen MR) is 101 cm³/mol. The van der Waals surface area contributed by atoms with Gasteiger partial charge in [0.05, 0.1) is 6.10 Å². The largest absolute Gasteiger partial charge is 0.388 e. The minimum atomic E-state index is -0.426. The molecule has 24 heavy (non-hydrogen) atoms. The predicted octanol–water partition coefficient (Wildman–Crippen LogP) is 4.50. The Balaban J connectivity index is 1.66. The van der Waals surface area contributed by atoms with Gasteiger partial charge in [0.25, 0.3) is 0 Å². The van der Waals surface area contributed by atoms with E-state index in [1.165, 1.54) is 17.7 Å². The maximum absolute atomic E-state index is 12.2. The van der Waals surface area contributed by atoms with E-state index in [1.807, 2.05) is 29.0 Å². The average Bonchev–Trinajstić information content (AvgIpc) is 3.32. The lowest BCUT2D eigenvalue weighted by atomic mass is 9.84. The highest BCUT2D eigenvalue weighted by molar-refractivity contribution is 7.12. The molecule has 3 rings (SSSR count). The number of rotatable bonds is 6. The molecule has 0 aliphatic heterocycles. The molecule has 1 fully saturated rings. The summed E-state index contributed by atoms with van der Waals surface area (Å²) in [6.45, 7) is 2.47. The quantitative estimate of drug-likeness (QED) is 0.744. The van der Waals surface area contributed by atoms with Crippen LogP contribution in [0.2, 0.25) is 0 Å². The van der Waals surface area contributed by atoms with E-state index in [1.54, 1.807) is 35.7 Å². The Kier molecular flexibility index (Phi) is 5.54. The first-order chi connectivity index (χ1) is 11.6. The monoisotopic (exact) mass is 361 g/mol. The molecule has 1 unspecified atom stereocenters. The number of hydrogen-bond acceptors (Lipinski definition) is 4. The van der Waals surface area contributed by atoms with Gasteiger partial charge in [0.15, 0.2) is 0 Å². The molecule has 2 N–H and O–H groups in total. The SMILES string of the molecule is CC(O)c1ccc(C2(CNC(=O)C=Cc3ccsc3)CCCC2)s1. The van der Waals surface area contributed by atoms with Gasteiger partial charge in [0, 0.05) is 27.8 Å². The second-order valence-corrected chi connectivity index (χ2v) is 8.37. The molecule has 1 amide bonds. The van der Waals surface area contributed by atoms with Crippen LogP contribution >= 0.6 is 22.7 Å². The van der Waals surface area contributed by atoms with Crippen LogP contribution in [0.25, 0.3) is 6.08 Å². The van der Waals surface area contributed by atoms with Crippen LogP contribution in [0.4, 0.5) is 0 Å². The van der Waals surface area contributed by atoms with Crippen molar-refractivity contribution in [2.75, 3.05) is 6.54 Å². The van der Waals surface area contributed by atoms with Gasteiger partial charge in [0.2, 0.25) is 5.91 Å². The van der Waals surface area contributed by atoms with E-state index in [9.17, 15) is 9.90 Å². The van der Waals surface area contributed by atoms with Gasteiger partial charge in [-0.1, -0.05) is 12.8 Å². The van der Waals surface area contributed by atoms with Gasteiger partial charge < -0.3 is 10.4 Å². The molecule has 0 spiro atoms. The molecule has 2 aromatic heterocycles. The van der Waals surface area contributed by atoms with Crippen LogP contribution in [0.15, 0.2) is 35.0 Å². The number of carbonyl (C=O) groups excluding carboxylic acids is 1. The maximum atomic E-state index is 12.2. The van der Waals surface area contributed by atoms with Crippen LogP contribution in [0.1, 0.15) is 54.0 Å². The second kappa shape index (κ2) is 7.64. The van der Waals surface area contributed by atoms with Gasteiger partial charge in [-0.3, -0.25) is 4.79 Å². The average molecular weight is 362 g/mol. The van der Waals surface area contributed by atoms with Crippen LogP contribution in [-0.2, 0) is 10.2 Å². The Morgan fingerprint density at radius 3 is 2.79 bits per heavy atom. The zero-order chi connectivity index (χ0) is 17.0. The third-order valence-electron chi connectivity index (χ3n) is 4.69. The van der Waals surface area contributed by atoms with Gasteiger partial charge in [-0.05, 0) is 60.4 Å². The fraction of sp³-hybridized carbons (Fsp3) is 0.421. The highest BCUT2D eigenvalue weighted by Crippen LogP contribution is 2.44. The van der Waals surface area contributed by atoms with Crippen LogP contribution in [0.3, 0.4) is 0 Å². The number of amides is 1. The van der Waals surface area contributed by atoms with E-state index in [-0.39, 0.29) is 11.3 Å². The number of aliphatic hydroxyl groups is 1. The Morgan fingerprint density at radius 2 is 2.17 bits per heavy atom. The molecule has 1 aliphatic carbocycles. The summed E-state index contributed by atoms with van der Waals surface area (Å²) in [5.74, 6) is -0.0419. The topological polar surface area (TPSA) is 49.3 Å². The van der Waals surface area contributed by atoms with Crippen molar-refractivity contribution in [2.45, 2.75) is 44.1 Å². The van der Waals surface area contributed by atoms with Crippen LogP contribution in [0.5, 0.6) is 0 Å². The van der Waals surface area contributed by atoms with Crippen LogP contribution < -0.4 is 5.32 Å². The molecule has 128 valence electrons. The summed E-state index contributed by atoms with van der Waals surface area (Å²) in [4.78, 5) is 14.4. The first-order valence-electron chi connectivity index (χ1n) is 8.35. The number of nitrogens with one attached hydrogen (secondary N) is 1. The van der Waals surface area contributed by atoms with E-state index in [4.69, 9.17) is 0 Å². The standard InChI is InChI=1S/C19H23NO2S2/c1-14(21)16-5-6-17(24-16)19(9-2-3-10-19)13-20-18(22)7-4-15-8-11-23-12-15/h4-8,11-12,14,21H,2-3,9-10,13H2,1H3,(H,20,22). The fourth-order valence-corrected chi connectivity index (χ4v) is 5.10. The van der Waals surface area contributed by atoms with E-state index >= 15 is 0 Å². The Bertz CT molecular complexity index is 695. The van der Waals surface area contributed by atoms with E-state index in [0.29, 0.717) is 6.54 Å². The molecule has 1 saturated carbocycles. The highest BCUT2D eigenvalue weighted by atomic mass is 32.1. The molecule has 1 aliphatic rings. The first kappa shape index (κ1) is 17.4. The van der Waals surface area contributed by atoms with Crippen LogP contribution in [-0.4, -0.2) is 17.6 Å². The number of carbonyl (C=O) groups is 1.